The average Bonchev–Trinajstić information content (AvgIpc) is 2.68. The van der Waals surface area contributed by atoms with Crippen LogP contribution in [0.4, 0.5) is 0 Å². The average molecular weight is 300 g/mol. The number of carbonyl (C=O) groups excluding carboxylic acids is 2. The largest absolute Gasteiger partial charge is 0.511 e. The quantitative estimate of drug-likeness (QED) is 0.625. The van der Waals surface area contributed by atoms with E-state index in [9.17, 15) is 19.8 Å². The summed E-state index contributed by atoms with van der Waals surface area (Å²) in [6.45, 7) is 5.60. The molecule has 4 nitrogen and oxygen atoms in total. The van der Waals surface area contributed by atoms with E-state index in [4.69, 9.17) is 0 Å². The van der Waals surface area contributed by atoms with Crippen LogP contribution in [0, 0.1) is 5.92 Å². The Labute approximate surface area is 129 Å². The second-order valence-electron chi connectivity index (χ2n) is 5.76. The number of aliphatic hydroxyl groups excluding tert-OH is 2. The molecule has 0 saturated heterocycles. The third-order valence-corrected chi connectivity index (χ3v) is 3.87. The van der Waals surface area contributed by atoms with Gasteiger partial charge in [-0.1, -0.05) is 35.9 Å². The van der Waals surface area contributed by atoms with Gasteiger partial charge < -0.3 is 10.2 Å². The van der Waals surface area contributed by atoms with E-state index in [1.54, 1.807) is 24.3 Å². The van der Waals surface area contributed by atoms with Crippen molar-refractivity contribution < 1.29 is 19.8 Å². The predicted molar refractivity (Wildman–Crippen MR) is 83.4 cm³/mol. The highest BCUT2D eigenvalue weighted by Gasteiger charge is 2.43. The van der Waals surface area contributed by atoms with Crippen LogP contribution in [0.5, 0.6) is 0 Å². The molecule has 0 aromatic heterocycles. The molecule has 0 fully saturated rings. The number of carbonyl (C=O) groups is 2. The maximum absolute atomic E-state index is 12.3. The molecule has 2 N–H and O–H groups in total. The summed E-state index contributed by atoms with van der Waals surface area (Å²) >= 11 is 0. The summed E-state index contributed by atoms with van der Waals surface area (Å²) in [7, 11) is 0. The second kappa shape index (κ2) is 6.71. The summed E-state index contributed by atoms with van der Waals surface area (Å²) in [6.07, 6.45) is -0.324. The number of rotatable bonds is 6. The Kier molecular flexibility index (Phi) is 4.93. The monoisotopic (exact) mass is 300 g/mol. The second-order valence-corrected chi connectivity index (χ2v) is 5.76. The maximum atomic E-state index is 12.3. The summed E-state index contributed by atoms with van der Waals surface area (Å²) in [5.41, 5.74) is 1.42. The highest BCUT2D eigenvalue weighted by molar-refractivity contribution is 6.24. The van der Waals surface area contributed by atoms with Crippen LogP contribution in [0.3, 0.4) is 0 Å². The molecule has 1 aromatic rings. The molecule has 0 bridgehead atoms. The first kappa shape index (κ1) is 16.2. The van der Waals surface area contributed by atoms with E-state index in [0.717, 1.165) is 11.1 Å². The van der Waals surface area contributed by atoms with E-state index in [1.807, 2.05) is 13.0 Å². The minimum Gasteiger partial charge on any atom is -0.511 e. The first-order chi connectivity index (χ1) is 10.4. The van der Waals surface area contributed by atoms with Crippen LogP contribution in [0.15, 0.2) is 53.8 Å². The van der Waals surface area contributed by atoms with Crippen LogP contribution in [-0.4, -0.2) is 27.9 Å². The third kappa shape index (κ3) is 3.34. The van der Waals surface area contributed by atoms with Crippen molar-refractivity contribution in [1.82, 2.24) is 0 Å². The van der Waals surface area contributed by atoms with Gasteiger partial charge in [-0.2, -0.15) is 0 Å². The Morgan fingerprint density at radius 3 is 2.50 bits per heavy atom. The SMILES string of the molecule is C=C(C)CCC1C(O)=C(C(=O)Cc2ccccc2)C(=O)C1O. The molecular formula is C18H20O4. The van der Waals surface area contributed by atoms with Crippen LogP contribution < -0.4 is 0 Å². The number of Topliss-reactive ketones (excluding diaryl/α,β-unsaturated/α-hetero) is 2. The van der Waals surface area contributed by atoms with E-state index in [-0.39, 0.29) is 17.8 Å². The zero-order valence-electron chi connectivity index (χ0n) is 12.6. The molecule has 22 heavy (non-hydrogen) atoms. The van der Waals surface area contributed by atoms with Gasteiger partial charge in [-0.25, -0.2) is 0 Å². The number of aliphatic hydroxyl groups is 2. The van der Waals surface area contributed by atoms with E-state index < -0.39 is 23.6 Å². The van der Waals surface area contributed by atoms with Gasteiger partial charge >= 0.3 is 0 Å². The fourth-order valence-electron chi connectivity index (χ4n) is 2.64. The predicted octanol–water partition coefficient (Wildman–Crippen LogP) is 2.53. The lowest BCUT2D eigenvalue weighted by molar-refractivity contribution is -0.126. The van der Waals surface area contributed by atoms with Crippen LogP contribution >= 0.6 is 0 Å². The molecule has 0 heterocycles. The van der Waals surface area contributed by atoms with Gasteiger partial charge in [-0.15, -0.1) is 6.58 Å². The van der Waals surface area contributed by atoms with Crippen molar-refractivity contribution in [3.63, 3.8) is 0 Å². The zero-order chi connectivity index (χ0) is 16.3. The van der Waals surface area contributed by atoms with Crippen LogP contribution in [-0.2, 0) is 16.0 Å². The van der Waals surface area contributed by atoms with E-state index >= 15 is 0 Å². The van der Waals surface area contributed by atoms with Crippen molar-refractivity contribution in [3.05, 3.63) is 59.4 Å². The van der Waals surface area contributed by atoms with Gasteiger partial charge in [0.15, 0.2) is 11.6 Å². The standard InChI is InChI=1S/C18H20O4/c1-11(2)8-9-13-16(20)15(18(22)17(13)21)14(19)10-12-6-4-3-5-7-12/h3-7,13,17,20-21H,1,8-10H2,2H3. The molecule has 2 rings (SSSR count). The lowest BCUT2D eigenvalue weighted by atomic mass is 9.96. The van der Waals surface area contributed by atoms with Crippen LogP contribution in [0.1, 0.15) is 25.3 Å². The van der Waals surface area contributed by atoms with Gasteiger partial charge in [0.25, 0.3) is 0 Å². The normalized spacial score (nSPS) is 21.3. The van der Waals surface area contributed by atoms with Crippen molar-refractivity contribution in [2.45, 2.75) is 32.3 Å². The molecule has 1 aliphatic rings. The molecule has 1 aliphatic carbocycles. The molecule has 116 valence electrons. The van der Waals surface area contributed by atoms with Crippen LogP contribution in [0.2, 0.25) is 0 Å². The number of ketones is 2. The molecule has 0 radical (unpaired) electrons. The number of allylic oxidation sites excluding steroid dienone is 1. The third-order valence-electron chi connectivity index (χ3n) is 3.87. The van der Waals surface area contributed by atoms with Gasteiger partial charge in [0.05, 0.1) is 5.92 Å². The van der Waals surface area contributed by atoms with E-state index in [1.165, 1.54) is 0 Å². The Morgan fingerprint density at radius 2 is 1.91 bits per heavy atom. The summed E-state index contributed by atoms with van der Waals surface area (Å²) in [5.74, 6) is -2.12. The molecular weight excluding hydrogens is 280 g/mol. The molecule has 0 spiro atoms. The summed E-state index contributed by atoms with van der Waals surface area (Å²) in [5, 5.41) is 20.2. The van der Waals surface area contributed by atoms with Gasteiger partial charge in [0.2, 0.25) is 0 Å². The molecule has 0 aliphatic heterocycles. The highest BCUT2D eigenvalue weighted by atomic mass is 16.3. The molecule has 2 unspecified atom stereocenters. The van der Waals surface area contributed by atoms with E-state index in [2.05, 4.69) is 6.58 Å². The topological polar surface area (TPSA) is 74.6 Å². The molecule has 0 amide bonds. The van der Waals surface area contributed by atoms with Crippen molar-refractivity contribution in [1.29, 1.82) is 0 Å². The summed E-state index contributed by atoms with van der Waals surface area (Å²) < 4.78 is 0. The zero-order valence-corrected chi connectivity index (χ0v) is 12.6. The number of hydrogen-bond acceptors (Lipinski definition) is 4. The lowest BCUT2D eigenvalue weighted by Crippen LogP contribution is -2.25. The molecule has 0 saturated carbocycles. The number of benzene rings is 1. The Bertz CT molecular complexity index is 628. The van der Waals surface area contributed by atoms with Gasteiger partial charge in [-0.3, -0.25) is 9.59 Å². The van der Waals surface area contributed by atoms with Crippen molar-refractivity contribution >= 4 is 11.6 Å². The fraction of sp³-hybridized carbons (Fsp3) is 0.333. The fourth-order valence-corrected chi connectivity index (χ4v) is 2.64. The van der Waals surface area contributed by atoms with Crippen molar-refractivity contribution in [3.8, 4) is 0 Å². The summed E-state index contributed by atoms with van der Waals surface area (Å²) in [4.78, 5) is 24.4. The van der Waals surface area contributed by atoms with Crippen molar-refractivity contribution in [2.75, 3.05) is 0 Å². The molecule has 2 atom stereocenters. The van der Waals surface area contributed by atoms with Crippen LogP contribution in [0.25, 0.3) is 0 Å². The lowest BCUT2D eigenvalue weighted by Gasteiger charge is -2.13. The first-order valence-corrected chi connectivity index (χ1v) is 7.28. The molecule has 1 aromatic carbocycles. The first-order valence-electron chi connectivity index (χ1n) is 7.28. The highest BCUT2D eigenvalue weighted by Crippen LogP contribution is 2.33. The van der Waals surface area contributed by atoms with Crippen molar-refractivity contribution in [2.24, 2.45) is 5.92 Å². The van der Waals surface area contributed by atoms with Gasteiger partial charge in [-0.05, 0) is 25.3 Å². The van der Waals surface area contributed by atoms with E-state index in [0.29, 0.717) is 12.8 Å². The Hall–Kier alpha value is -2.20. The minimum absolute atomic E-state index is 0.0336. The maximum Gasteiger partial charge on any atom is 0.199 e. The Morgan fingerprint density at radius 1 is 1.27 bits per heavy atom. The van der Waals surface area contributed by atoms with Gasteiger partial charge in [0, 0.05) is 6.42 Å². The number of hydrogen-bond donors (Lipinski definition) is 2. The minimum atomic E-state index is -1.34. The van der Waals surface area contributed by atoms with Gasteiger partial charge in [0.1, 0.15) is 17.4 Å². The smallest absolute Gasteiger partial charge is 0.199 e. The Balaban J connectivity index is 2.18. The molecule has 4 heteroatoms. The summed E-state index contributed by atoms with van der Waals surface area (Å²) in [6, 6.07) is 9.01.